The van der Waals surface area contributed by atoms with Crippen LogP contribution in [0, 0.1) is 29.1 Å². The van der Waals surface area contributed by atoms with Crippen molar-refractivity contribution in [1.29, 1.82) is 0 Å². The number of esters is 1. The van der Waals surface area contributed by atoms with E-state index in [4.69, 9.17) is 19.9 Å². The van der Waals surface area contributed by atoms with Crippen LogP contribution in [0.4, 0.5) is 22.0 Å². The van der Waals surface area contributed by atoms with Gasteiger partial charge < -0.3 is 24.7 Å². The van der Waals surface area contributed by atoms with Crippen LogP contribution in [0.25, 0.3) is 0 Å². The van der Waals surface area contributed by atoms with Gasteiger partial charge in [-0.25, -0.2) is 13.2 Å². The SMILES string of the molecule is NCCOCCOc1cccc(CCOCCC(=O)Oc2c(F)c(F)c(F)c(F)c2F)c1. The molecule has 176 valence electrons. The van der Waals surface area contributed by atoms with E-state index in [1.54, 1.807) is 12.1 Å². The van der Waals surface area contributed by atoms with Crippen molar-refractivity contribution in [2.75, 3.05) is 39.6 Å². The molecular weight excluding hydrogens is 441 g/mol. The molecule has 2 rings (SSSR count). The summed E-state index contributed by atoms with van der Waals surface area (Å²) >= 11 is 0. The fourth-order valence-corrected chi connectivity index (χ4v) is 2.48. The topological polar surface area (TPSA) is 80.0 Å². The Kier molecular flexibility index (Phi) is 10.3. The van der Waals surface area contributed by atoms with E-state index in [1.165, 1.54) is 0 Å². The number of halogens is 5. The van der Waals surface area contributed by atoms with Crippen LogP contribution >= 0.6 is 0 Å². The Balaban J connectivity index is 1.72. The van der Waals surface area contributed by atoms with Crippen LogP contribution in [0.15, 0.2) is 24.3 Å². The van der Waals surface area contributed by atoms with Gasteiger partial charge in [0.2, 0.25) is 34.8 Å². The lowest BCUT2D eigenvalue weighted by atomic mass is 10.1. The normalized spacial score (nSPS) is 10.9. The van der Waals surface area contributed by atoms with Crippen molar-refractivity contribution in [2.45, 2.75) is 12.8 Å². The van der Waals surface area contributed by atoms with E-state index in [-0.39, 0.29) is 13.2 Å². The highest BCUT2D eigenvalue weighted by Gasteiger charge is 2.28. The zero-order valence-corrected chi connectivity index (χ0v) is 17.0. The summed E-state index contributed by atoms with van der Waals surface area (Å²) in [6, 6.07) is 7.23. The van der Waals surface area contributed by atoms with Crippen molar-refractivity contribution >= 4 is 5.97 Å². The molecule has 0 aliphatic heterocycles. The Morgan fingerprint density at radius 1 is 0.812 bits per heavy atom. The first-order chi connectivity index (χ1) is 15.3. The highest BCUT2D eigenvalue weighted by Crippen LogP contribution is 2.29. The molecule has 0 atom stereocenters. The van der Waals surface area contributed by atoms with E-state index in [0.29, 0.717) is 38.5 Å². The number of hydrogen-bond donors (Lipinski definition) is 1. The van der Waals surface area contributed by atoms with Crippen LogP contribution < -0.4 is 15.2 Å². The minimum Gasteiger partial charge on any atom is -0.491 e. The summed E-state index contributed by atoms with van der Waals surface area (Å²) in [4.78, 5) is 11.7. The summed E-state index contributed by atoms with van der Waals surface area (Å²) in [5.74, 6) is -13.4. The van der Waals surface area contributed by atoms with E-state index in [2.05, 4.69) is 4.74 Å². The monoisotopic (exact) mass is 463 g/mol. The molecule has 2 N–H and O–H groups in total. The van der Waals surface area contributed by atoms with E-state index < -0.39 is 47.2 Å². The standard InChI is InChI=1S/C21H22F5NO5/c22-16-17(23)19(25)21(20(26)18(16)24)32-15(28)5-8-29-7-4-13-2-1-3-14(12-13)31-11-10-30-9-6-27/h1-3,12H,4-11,27H2. The minimum absolute atomic E-state index is 0.178. The van der Waals surface area contributed by atoms with Gasteiger partial charge in [0.25, 0.3) is 0 Å². The molecular formula is C21H22F5NO5. The molecule has 0 amide bonds. The van der Waals surface area contributed by atoms with Gasteiger partial charge in [-0.2, -0.15) is 8.78 Å². The maximum absolute atomic E-state index is 13.5. The molecule has 0 heterocycles. The summed E-state index contributed by atoms with van der Waals surface area (Å²) < 4.78 is 86.5. The molecule has 0 saturated carbocycles. The van der Waals surface area contributed by atoms with E-state index in [0.717, 1.165) is 5.56 Å². The summed E-state index contributed by atoms with van der Waals surface area (Å²) in [5.41, 5.74) is 6.21. The van der Waals surface area contributed by atoms with Crippen LogP contribution in [0.3, 0.4) is 0 Å². The Morgan fingerprint density at radius 3 is 2.16 bits per heavy atom. The first-order valence-corrected chi connectivity index (χ1v) is 9.64. The first-order valence-electron chi connectivity index (χ1n) is 9.64. The van der Waals surface area contributed by atoms with Crippen LogP contribution in [0.5, 0.6) is 11.5 Å². The van der Waals surface area contributed by atoms with Gasteiger partial charge in [-0.05, 0) is 24.1 Å². The van der Waals surface area contributed by atoms with Gasteiger partial charge in [0, 0.05) is 6.54 Å². The van der Waals surface area contributed by atoms with Gasteiger partial charge in [0.05, 0.1) is 32.8 Å². The van der Waals surface area contributed by atoms with Gasteiger partial charge in [-0.15, -0.1) is 0 Å². The third-order valence-corrected chi connectivity index (χ3v) is 4.03. The summed E-state index contributed by atoms with van der Waals surface area (Å²) in [6.45, 7) is 1.69. The van der Waals surface area contributed by atoms with Gasteiger partial charge in [0.15, 0.2) is 0 Å². The predicted molar refractivity (Wildman–Crippen MR) is 103 cm³/mol. The molecule has 6 nitrogen and oxygen atoms in total. The van der Waals surface area contributed by atoms with Crippen molar-refractivity contribution in [3.05, 3.63) is 58.9 Å². The number of nitrogens with two attached hydrogens (primary N) is 1. The number of benzene rings is 2. The van der Waals surface area contributed by atoms with Gasteiger partial charge >= 0.3 is 5.97 Å². The Bertz CT molecular complexity index is 883. The molecule has 0 aromatic heterocycles. The van der Waals surface area contributed by atoms with Gasteiger partial charge in [-0.3, -0.25) is 4.79 Å². The molecule has 32 heavy (non-hydrogen) atoms. The third kappa shape index (κ3) is 7.43. The van der Waals surface area contributed by atoms with Crippen molar-refractivity contribution in [3.63, 3.8) is 0 Å². The van der Waals surface area contributed by atoms with Crippen LogP contribution in [0.1, 0.15) is 12.0 Å². The molecule has 11 heteroatoms. The lowest BCUT2D eigenvalue weighted by Crippen LogP contribution is -2.15. The third-order valence-electron chi connectivity index (χ3n) is 4.03. The van der Waals surface area contributed by atoms with Crippen molar-refractivity contribution in [3.8, 4) is 11.5 Å². The largest absolute Gasteiger partial charge is 0.491 e. The number of rotatable bonds is 13. The Labute approximate surface area is 181 Å². The molecule has 0 bridgehead atoms. The molecule has 2 aromatic carbocycles. The van der Waals surface area contributed by atoms with Gasteiger partial charge in [-0.1, -0.05) is 12.1 Å². The average Bonchev–Trinajstić information content (AvgIpc) is 2.79. The van der Waals surface area contributed by atoms with Crippen molar-refractivity contribution < 1.29 is 45.7 Å². The molecule has 0 unspecified atom stereocenters. The van der Waals surface area contributed by atoms with Gasteiger partial charge in [0.1, 0.15) is 12.4 Å². The highest BCUT2D eigenvalue weighted by molar-refractivity contribution is 5.72. The molecule has 0 aliphatic rings. The second-order valence-corrected chi connectivity index (χ2v) is 6.38. The minimum atomic E-state index is -2.34. The predicted octanol–water partition coefficient (Wildman–Crippen LogP) is 3.29. The molecule has 0 fully saturated rings. The lowest BCUT2D eigenvalue weighted by Gasteiger charge is -2.10. The lowest BCUT2D eigenvalue weighted by molar-refractivity contribution is -0.136. The fourth-order valence-electron chi connectivity index (χ4n) is 2.48. The maximum atomic E-state index is 13.5. The Morgan fingerprint density at radius 2 is 1.47 bits per heavy atom. The second-order valence-electron chi connectivity index (χ2n) is 6.38. The zero-order chi connectivity index (χ0) is 23.5. The van der Waals surface area contributed by atoms with Crippen LogP contribution in [0.2, 0.25) is 0 Å². The molecule has 0 saturated heterocycles. The maximum Gasteiger partial charge on any atom is 0.313 e. The summed E-state index contributed by atoms with van der Waals surface area (Å²) in [5, 5.41) is 0. The summed E-state index contributed by atoms with van der Waals surface area (Å²) in [6.07, 6.45) is 0.0268. The number of hydrogen-bond acceptors (Lipinski definition) is 6. The summed E-state index contributed by atoms with van der Waals surface area (Å²) in [7, 11) is 0. The zero-order valence-electron chi connectivity index (χ0n) is 17.0. The second kappa shape index (κ2) is 12.9. The Hall–Kier alpha value is -2.76. The van der Waals surface area contributed by atoms with Crippen LogP contribution in [-0.2, 0) is 20.7 Å². The van der Waals surface area contributed by atoms with E-state index >= 15 is 0 Å². The van der Waals surface area contributed by atoms with Crippen molar-refractivity contribution in [1.82, 2.24) is 0 Å². The smallest absolute Gasteiger partial charge is 0.313 e. The molecule has 0 spiro atoms. The van der Waals surface area contributed by atoms with Crippen molar-refractivity contribution in [2.24, 2.45) is 5.73 Å². The number of ether oxygens (including phenoxy) is 4. The van der Waals surface area contributed by atoms with E-state index in [9.17, 15) is 26.7 Å². The van der Waals surface area contributed by atoms with E-state index in [1.807, 2.05) is 12.1 Å². The number of carbonyl (C=O) groups is 1. The fraction of sp³-hybridized carbons (Fsp3) is 0.381. The quantitative estimate of drug-likeness (QED) is 0.123. The molecule has 0 radical (unpaired) electrons. The molecule has 0 aliphatic carbocycles. The molecule has 2 aromatic rings. The highest BCUT2D eigenvalue weighted by atomic mass is 19.2. The first kappa shape index (κ1) is 25.5. The number of carbonyl (C=O) groups excluding carboxylic acids is 1. The average molecular weight is 463 g/mol. The van der Waals surface area contributed by atoms with Crippen LogP contribution in [-0.4, -0.2) is 45.5 Å².